The van der Waals surface area contributed by atoms with E-state index in [0.717, 1.165) is 11.3 Å². The lowest BCUT2D eigenvalue weighted by Crippen LogP contribution is -2.29. The fraction of sp³-hybridized carbons (Fsp3) is 0.200. The molecule has 0 saturated carbocycles. The van der Waals surface area contributed by atoms with Crippen molar-refractivity contribution in [2.75, 3.05) is 5.32 Å². The molecule has 0 spiro atoms. The lowest BCUT2D eigenvalue weighted by atomic mass is 10.2. The van der Waals surface area contributed by atoms with Gasteiger partial charge in [0.2, 0.25) is 11.7 Å². The predicted molar refractivity (Wildman–Crippen MR) is 88.5 cm³/mol. The zero-order valence-corrected chi connectivity index (χ0v) is 13.8. The number of aromatic nitrogens is 4. The summed E-state index contributed by atoms with van der Waals surface area (Å²) >= 11 is 5.94. The SMILES string of the molecule is Cc1cc(NC(=O)NCc2nc(-c3cccc(Cl)c3)no2)n(C)n1. The van der Waals surface area contributed by atoms with Crippen molar-refractivity contribution in [2.45, 2.75) is 13.5 Å². The molecule has 0 fully saturated rings. The van der Waals surface area contributed by atoms with E-state index in [9.17, 15) is 4.79 Å². The van der Waals surface area contributed by atoms with Crippen LogP contribution in [0.5, 0.6) is 0 Å². The lowest BCUT2D eigenvalue weighted by Gasteiger charge is -2.05. The Bertz CT molecular complexity index is 872. The molecule has 0 aliphatic carbocycles. The molecular weight excluding hydrogens is 332 g/mol. The first-order valence-corrected chi connectivity index (χ1v) is 7.53. The van der Waals surface area contributed by atoms with Crippen LogP contribution in [0.2, 0.25) is 5.02 Å². The maximum absolute atomic E-state index is 11.9. The molecule has 3 rings (SSSR count). The van der Waals surface area contributed by atoms with Crippen molar-refractivity contribution in [3.8, 4) is 11.4 Å². The molecule has 0 aliphatic rings. The normalized spacial score (nSPS) is 10.6. The summed E-state index contributed by atoms with van der Waals surface area (Å²) in [5, 5.41) is 13.9. The number of rotatable bonds is 4. The summed E-state index contributed by atoms with van der Waals surface area (Å²) in [5.41, 5.74) is 1.56. The molecule has 1 aromatic carbocycles. The fourth-order valence-electron chi connectivity index (χ4n) is 2.12. The summed E-state index contributed by atoms with van der Waals surface area (Å²) in [7, 11) is 1.75. The highest BCUT2D eigenvalue weighted by molar-refractivity contribution is 6.30. The number of amides is 2. The molecule has 124 valence electrons. The van der Waals surface area contributed by atoms with Crippen LogP contribution in [-0.4, -0.2) is 26.0 Å². The molecular formula is C15H15ClN6O2. The first-order valence-electron chi connectivity index (χ1n) is 7.15. The van der Waals surface area contributed by atoms with E-state index in [1.165, 1.54) is 0 Å². The van der Waals surface area contributed by atoms with E-state index in [4.69, 9.17) is 16.1 Å². The molecule has 3 aromatic rings. The van der Waals surface area contributed by atoms with Gasteiger partial charge in [0.05, 0.1) is 12.2 Å². The Kier molecular flexibility index (Phi) is 4.48. The van der Waals surface area contributed by atoms with Gasteiger partial charge in [0.15, 0.2) is 0 Å². The van der Waals surface area contributed by atoms with E-state index in [-0.39, 0.29) is 12.6 Å². The molecule has 0 aliphatic heterocycles. The van der Waals surface area contributed by atoms with Gasteiger partial charge < -0.3 is 9.84 Å². The van der Waals surface area contributed by atoms with Crippen LogP contribution in [0.1, 0.15) is 11.6 Å². The summed E-state index contributed by atoms with van der Waals surface area (Å²) in [4.78, 5) is 16.1. The largest absolute Gasteiger partial charge is 0.337 e. The van der Waals surface area contributed by atoms with Gasteiger partial charge in [-0.25, -0.2) is 4.79 Å². The summed E-state index contributed by atoms with van der Waals surface area (Å²) in [6, 6.07) is 8.50. The Labute approximate surface area is 142 Å². The number of nitrogens with one attached hydrogen (secondary N) is 2. The second-order valence-electron chi connectivity index (χ2n) is 5.12. The number of anilines is 1. The van der Waals surface area contributed by atoms with E-state index in [1.807, 2.05) is 13.0 Å². The molecule has 0 unspecified atom stereocenters. The number of urea groups is 1. The van der Waals surface area contributed by atoms with Crippen molar-refractivity contribution in [2.24, 2.45) is 7.05 Å². The first-order chi connectivity index (χ1) is 11.5. The highest BCUT2D eigenvalue weighted by Crippen LogP contribution is 2.19. The molecule has 2 heterocycles. The van der Waals surface area contributed by atoms with Crippen LogP contribution in [0.15, 0.2) is 34.9 Å². The molecule has 24 heavy (non-hydrogen) atoms. The lowest BCUT2D eigenvalue weighted by molar-refractivity contribution is 0.249. The Morgan fingerprint density at radius 1 is 1.38 bits per heavy atom. The molecule has 0 atom stereocenters. The summed E-state index contributed by atoms with van der Waals surface area (Å²) in [6.07, 6.45) is 0. The highest BCUT2D eigenvalue weighted by Gasteiger charge is 2.11. The van der Waals surface area contributed by atoms with Crippen molar-refractivity contribution < 1.29 is 9.32 Å². The highest BCUT2D eigenvalue weighted by atomic mass is 35.5. The number of halogens is 1. The third kappa shape index (κ3) is 3.72. The third-order valence-corrected chi connectivity index (χ3v) is 3.43. The van der Waals surface area contributed by atoms with Gasteiger partial charge in [0.25, 0.3) is 0 Å². The minimum atomic E-state index is -0.388. The zero-order valence-electron chi connectivity index (χ0n) is 13.1. The van der Waals surface area contributed by atoms with Gasteiger partial charge in [-0.15, -0.1) is 0 Å². The Balaban J connectivity index is 1.59. The number of carbonyl (C=O) groups excluding carboxylic acids is 1. The van der Waals surface area contributed by atoms with Gasteiger partial charge in [-0.2, -0.15) is 10.1 Å². The Morgan fingerprint density at radius 2 is 2.21 bits per heavy atom. The monoisotopic (exact) mass is 346 g/mol. The summed E-state index contributed by atoms with van der Waals surface area (Å²) < 4.78 is 6.71. The molecule has 8 nitrogen and oxygen atoms in total. The maximum Gasteiger partial charge on any atom is 0.320 e. The number of carbonyl (C=O) groups is 1. The Hall–Kier alpha value is -2.87. The van der Waals surface area contributed by atoms with E-state index in [2.05, 4.69) is 25.9 Å². The van der Waals surface area contributed by atoms with Gasteiger partial charge in [0, 0.05) is 23.7 Å². The van der Waals surface area contributed by atoms with E-state index in [1.54, 1.807) is 36.0 Å². The van der Waals surface area contributed by atoms with Crippen molar-refractivity contribution in [3.63, 3.8) is 0 Å². The number of hydrogen-bond donors (Lipinski definition) is 2. The summed E-state index contributed by atoms with van der Waals surface area (Å²) in [6.45, 7) is 1.95. The second-order valence-corrected chi connectivity index (χ2v) is 5.56. The van der Waals surface area contributed by atoms with Crippen LogP contribution in [0.4, 0.5) is 10.6 Å². The number of hydrogen-bond acceptors (Lipinski definition) is 5. The molecule has 2 amide bonds. The average molecular weight is 347 g/mol. The van der Waals surface area contributed by atoms with Gasteiger partial charge in [0.1, 0.15) is 5.82 Å². The maximum atomic E-state index is 11.9. The van der Waals surface area contributed by atoms with Gasteiger partial charge in [-0.3, -0.25) is 10.00 Å². The predicted octanol–water partition coefficient (Wildman–Crippen LogP) is 2.75. The summed E-state index contributed by atoms with van der Waals surface area (Å²) in [5.74, 6) is 1.30. The molecule has 0 saturated heterocycles. The molecule has 2 aromatic heterocycles. The topological polar surface area (TPSA) is 97.9 Å². The van der Waals surface area contributed by atoms with Crippen molar-refractivity contribution in [1.29, 1.82) is 0 Å². The molecule has 2 N–H and O–H groups in total. The number of benzene rings is 1. The van der Waals surface area contributed by atoms with Gasteiger partial charge in [-0.05, 0) is 19.1 Å². The number of nitrogens with zero attached hydrogens (tertiary/aromatic N) is 4. The first kappa shape index (κ1) is 16.0. The van der Waals surface area contributed by atoms with Gasteiger partial charge in [-0.1, -0.05) is 28.9 Å². The fourth-order valence-corrected chi connectivity index (χ4v) is 2.31. The minimum absolute atomic E-state index is 0.107. The molecule has 9 heteroatoms. The van der Waals surface area contributed by atoms with E-state index >= 15 is 0 Å². The quantitative estimate of drug-likeness (QED) is 0.757. The zero-order chi connectivity index (χ0) is 17.1. The van der Waals surface area contributed by atoms with Crippen LogP contribution in [0.25, 0.3) is 11.4 Å². The van der Waals surface area contributed by atoms with E-state index < -0.39 is 0 Å². The van der Waals surface area contributed by atoms with Crippen LogP contribution < -0.4 is 10.6 Å². The second kappa shape index (κ2) is 6.71. The van der Waals surface area contributed by atoms with Gasteiger partial charge >= 0.3 is 6.03 Å². The van der Waals surface area contributed by atoms with Crippen molar-refractivity contribution >= 4 is 23.4 Å². The van der Waals surface area contributed by atoms with Crippen LogP contribution in [0.3, 0.4) is 0 Å². The standard InChI is InChI=1S/C15H15ClN6O2/c1-9-6-12(22(2)20-9)18-15(23)17-8-13-19-14(21-24-13)10-4-3-5-11(16)7-10/h3-7H,8H2,1-2H3,(H2,17,18,23). The van der Waals surface area contributed by atoms with Crippen LogP contribution >= 0.6 is 11.6 Å². The molecule has 0 bridgehead atoms. The minimum Gasteiger partial charge on any atom is -0.337 e. The van der Waals surface area contributed by atoms with Crippen molar-refractivity contribution in [1.82, 2.24) is 25.2 Å². The van der Waals surface area contributed by atoms with E-state index in [0.29, 0.717) is 22.6 Å². The van der Waals surface area contributed by atoms with Crippen LogP contribution in [-0.2, 0) is 13.6 Å². The Morgan fingerprint density at radius 3 is 2.92 bits per heavy atom. The smallest absolute Gasteiger partial charge is 0.320 e. The third-order valence-electron chi connectivity index (χ3n) is 3.19. The number of aryl methyl sites for hydroxylation is 2. The van der Waals surface area contributed by atoms with Crippen molar-refractivity contribution in [3.05, 3.63) is 46.9 Å². The molecule has 0 radical (unpaired) electrons. The van der Waals surface area contributed by atoms with Crippen LogP contribution in [0, 0.1) is 6.92 Å². The average Bonchev–Trinajstić information content (AvgIpc) is 3.12.